The highest BCUT2D eigenvalue weighted by Gasteiger charge is 2.28. The van der Waals surface area contributed by atoms with Crippen LogP contribution in [0.15, 0.2) is 29.2 Å². The SMILES string of the molecule is CC1CCCCN1CCCCNC(=O)CC1Sc2ccccc2NC1=O. The van der Waals surface area contributed by atoms with Gasteiger partial charge in [-0.3, -0.25) is 9.59 Å². The number of thioether (sulfide) groups is 1. The van der Waals surface area contributed by atoms with E-state index in [1.165, 1.54) is 37.6 Å². The average molecular weight is 376 g/mol. The molecule has 0 radical (unpaired) electrons. The minimum Gasteiger partial charge on any atom is -0.356 e. The standard InChI is InChI=1S/C20H29N3O2S/c1-15-8-4-6-12-23(15)13-7-5-11-21-19(24)14-18-20(25)22-16-9-2-3-10-17(16)26-18/h2-3,9-10,15,18H,4-8,11-14H2,1H3,(H,21,24)(H,22,25). The number of nitrogens with zero attached hydrogens (tertiary/aromatic N) is 1. The van der Waals surface area contributed by atoms with E-state index in [1.54, 1.807) is 0 Å². The molecule has 0 spiro atoms. The van der Waals surface area contributed by atoms with Crippen LogP contribution in [0.5, 0.6) is 0 Å². The number of rotatable bonds is 7. The molecule has 1 aromatic rings. The molecule has 26 heavy (non-hydrogen) atoms. The predicted octanol–water partition coefficient (Wildman–Crippen LogP) is 3.26. The van der Waals surface area contributed by atoms with Gasteiger partial charge in [-0.25, -0.2) is 0 Å². The monoisotopic (exact) mass is 375 g/mol. The van der Waals surface area contributed by atoms with Gasteiger partial charge in [0.25, 0.3) is 0 Å². The molecule has 0 bridgehead atoms. The fourth-order valence-corrected chi connectivity index (χ4v) is 4.74. The van der Waals surface area contributed by atoms with Crippen LogP contribution in [0.4, 0.5) is 5.69 Å². The number of fused-ring (bicyclic) bond motifs is 1. The number of likely N-dealkylation sites (tertiary alicyclic amines) is 1. The van der Waals surface area contributed by atoms with Crippen LogP contribution in [0.2, 0.25) is 0 Å². The Morgan fingerprint density at radius 2 is 2.15 bits per heavy atom. The number of benzene rings is 1. The lowest BCUT2D eigenvalue weighted by atomic mass is 10.0. The lowest BCUT2D eigenvalue weighted by molar-refractivity contribution is -0.124. The van der Waals surface area contributed by atoms with Gasteiger partial charge in [0.1, 0.15) is 0 Å². The second kappa shape index (κ2) is 9.42. The first kappa shape index (κ1) is 19.2. The van der Waals surface area contributed by atoms with Crippen LogP contribution in [0.3, 0.4) is 0 Å². The average Bonchev–Trinajstić information content (AvgIpc) is 2.63. The first-order chi connectivity index (χ1) is 12.6. The van der Waals surface area contributed by atoms with E-state index in [1.807, 2.05) is 24.3 Å². The van der Waals surface area contributed by atoms with Gasteiger partial charge in [0.15, 0.2) is 0 Å². The van der Waals surface area contributed by atoms with Crippen LogP contribution >= 0.6 is 11.8 Å². The van der Waals surface area contributed by atoms with Crippen LogP contribution in [0.1, 0.15) is 45.4 Å². The van der Waals surface area contributed by atoms with Crippen molar-refractivity contribution >= 4 is 29.3 Å². The highest BCUT2D eigenvalue weighted by atomic mass is 32.2. The maximum atomic E-state index is 12.2. The number of anilines is 1. The fraction of sp³-hybridized carbons (Fsp3) is 0.600. The zero-order chi connectivity index (χ0) is 18.4. The van der Waals surface area contributed by atoms with Crippen molar-refractivity contribution in [1.82, 2.24) is 10.2 Å². The Kier molecular flexibility index (Phi) is 6.97. The topological polar surface area (TPSA) is 61.4 Å². The molecule has 0 aliphatic carbocycles. The molecule has 142 valence electrons. The molecule has 0 aromatic heterocycles. The third-order valence-electron chi connectivity index (χ3n) is 5.21. The number of para-hydroxylation sites is 1. The van der Waals surface area contributed by atoms with Crippen molar-refractivity contribution in [2.45, 2.75) is 61.6 Å². The Bertz CT molecular complexity index is 637. The molecule has 3 rings (SSSR count). The number of amides is 2. The first-order valence-electron chi connectivity index (χ1n) is 9.71. The summed E-state index contributed by atoms with van der Waals surface area (Å²) >= 11 is 1.48. The Morgan fingerprint density at radius 1 is 1.31 bits per heavy atom. The zero-order valence-corrected chi connectivity index (χ0v) is 16.3. The number of nitrogens with one attached hydrogen (secondary N) is 2. The van der Waals surface area contributed by atoms with Crippen LogP contribution in [-0.2, 0) is 9.59 Å². The summed E-state index contributed by atoms with van der Waals surface area (Å²) in [6.45, 7) is 5.33. The molecule has 2 atom stereocenters. The lowest BCUT2D eigenvalue weighted by Gasteiger charge is -2.33. The van der Waals surface area contributed by atoms with E-state index in [9.17, 15) is 9.59 Å². The number of hydrogen-bond acceptors (Lipinski definition) is 4. The van der Waals surface area contributed by atoms with Crippen LogP contribution < -0.4 is 10.6 Å². The molecule has 2 amide bonds. The van der Waals surface area contributed by atoms with E-state index in [-0.39, 0.29) is 23.5 Å². The number of hydrogen-bond donors (Lipinski definition) is 2. The second-order valence-electron chi connectivity index (χ2n) is 7.23. The predicted molar refractivity (Wildman–Crippen MR) is 106 cm³/mol. The van der Waals surface area contributed by atoms with Crippen molar-refractivity contribution in [3.05, 3.63) is 24.3 Å². The van der Waals surface area contributed by atoms with E-state index in [4.69, 9.17) is 0 Å². The van der Waals surface area contributed by atoms with Crippen LogP contribution in [0.25, 0.3) is 0 Å². The van der Waals surface area contributed by atoms with Gasteiger partial charge >= 0.3 is 0 Å². The largest absolute Gasteiger partial charge is 0.356 e. The van der Waals surface area contributed by atoms with Crippen molar-refractivity contribution in [3.63, 3.8) is 0 Å². The summed E-state index contributed by atoms with van der Waals surface area (Å²) < 4.78 is 0. The molecule has 2 aliphatic rings. The summed E-state index contributed by atoms with van der Waals surface area (Å²) in [6.07, 6.45) is 6.30. The summed E-state index contributed by atoms with van der Waals surface area (Å²) in [5.74, 6) is -0.119. The Balaban J connectivity index is 1.34. The van der Waals surface area contributed by atoms with E-state index < -0.39 is 0 Å². The normalized spacial score (nSPS) is 23.2. The highest BCUT2D eigenvalue weighted by molar-refractivity contribution is 8.01. The summed E-state index contributed by atoms with van der Waals surface area (Å²) in [4.78, 5) is 27.9. The van der Waals surface area contributed by atoms with Gasteiger partial charge in [0.2, 0.25) is 11.8 Å². The first-order valence-corrected chi connectivity index (χ1v) is 10.6. The number of carbonyl (C=O) groups is 2. The van der Waals surface area contributed by atoms with Gasteiger partial charge in [0, 0.05) is 23.9 Å². The zero-order valence-electron chi connectivity index (χ0n) is 15.5. The maximum Gasteiger partial charge on any atom is 0.238 e. The van der Waals surface area contributed by atoms with Gasteiger partial charge in [-0.05, 0) is 57.8 Å². The van der Waals surface area contributed by atoms with Crippen molar-refractivity contribution in [2.24, 2.45) is 0 Å². The summed E-state index contributed by atoms with van der Waals surface area (Å²) in [5, 5.41) is 5.51. The quantitative estimate of drug-likeness (QED) is 0.718. The van der Waals surface area contributed by atoms with Crippen LogP contribution in [-0.4, -0.2) is 47.6 Å². The lowest BCUT2D eigenvalue weighted by Crippen LogP contribution is -2.38. The molecule has 2 unspecified atom stereocenters. The van der Waals surface area contributed by atoms with Crippen molar-refractivity contribution < 1.29 is 9.59 Å². The summed E-state index contributed by atoms with van der Waals surface area (Å²) in [6, 6.07) is 8.41. The second-order valence-corrected chi connectivity index (χ2v) is 8.48. The molecule has 2 N–H and O–H groups in total. The minimum absolute atomic E-state index is 0.0385. The smallest absolute Gasteiger partial charge is 0.238 e. The van der Waals surface area contributed by atoms with Gasteiger partial charge in [-0.1, -0.05) is 18.6 Å². The van der Waals surface area contributed by atoms with Crippen LogP contribution in [0, 0.1) is 0 Å². The Labute approximate surface area is 160 Å². The van der Waals surface area contributed by atoms with Crippen molar-refractivity contribution in [3.8, 4) is 0 Å². The molecule has 1 saturated heterocycles. The van der Waals surface area contributed by atoms with Crippen molar-refractivity contribution in [2.75, 3.05) is 25.0 Å². The minimum atomic E-state index is -0.348. The van der Waals surface area contributed by atoms with E-state index in [0.29, 0.717) is 12.6 Å². The van der Waals surface area contributed by atoms with Crippen molar-refractivity contribution in [1.29, 1.82) is 0 Å². The Hall–Kier alpha value is -1.53. The molecule has 1 fully saturated rings. The molecule has 0 saturated carbocycles. The highest BCUT2D eigenvalue weighted by Crippen LogP contribution is 2.36. The molecular weight excluding hydrogens is 346 g/mol. The number of unbranched alkanes of at least 4 members (excludes halogenated alkanes) is 1. The molecule has 2 aliphatic heterocycles. The molecule has 6 heteroatoms. The molecule has 5 nitrogen and oxygen atoms in total. The summed E-state index contributed by atoms with van der Waals surface area (Å²) in [7, 11) is 0. The maximum absolute atomic E-state index is 12.2. The van der Waals surface area contributed by atoms with E-state index >= 15 is 0 Å². The van der Waals surface area contributed by atoms with Gasteiger partial charge in [-0.15, -0.1) is 11.8 Å². The molecular formula is C20H29N3O2S. The molecule has 2 heterocycles. The Morgan fingerprint density at radius 3 is 3.00 bits per heavy atom. The van der Waals surface area contributed by atoms with Gasteiger partial charge in [0.05, 0.1) is 10.9 Å². The van der Waals surface area contributed by atoms with Gasteiger partial charge in [-0.2, -0.15) is 0 Å². The molecule has 1 aromatic carbocycles. The number of piperidine rings is 1. The third kappa shape index (κ3) is 5.24. The van der Waals surface area contributed by atoms with E-state index in [0.717, 1.165) is 30.0 Å². The van der Waals surface area contributed by atoms with Gasteiger partial charge < -0.3 is 15.5 Å². The summed E-state index contributed by atoms with van der Waals surface area (Å²) in [5.41, 5.74) is 0.839. The fourth-order valence-electron chi connectivity index (χ4n) is 3.63. The third-order valence-corrected chi connectivity index (χ3v) is 6.49. The number of carbonyl (C=O) groups excluding carboxylic acids is 2. The van der Waals surface area contributed by atoms with E-state index in [2.05, 4.69) is 22.5 Å².